The Hall–Kier alpha value is -0.290. The zero-order valence-corrected chi connectivity index (χ0v) is 5.93. The van der Waals surface area contributed by atoms with Crippen LogP contribution in [0.2, 0.25) is 0 Å². The molecule has 2 nitrogen and oxygen atoms in total. The van der Waals surface area contributed by atoms with E-state index in [4.69, 9.17) is 5.11 Å². The molecule has 0 saturated carbocycles. The van der Waals surface area contributed by atoms with Crippen molar-refractivity contribution in [3.05, 3.63) is 0 Å². The van der Waals surface area contributed by atoms with Crippen LogP contribution < -0.4 is 0 Å². The molecule has 1 aliphatic rings. The summed E-state index contributed by atoms with van der Waals surface area (Å²) < 4.78 is 35.4. The summed E-state index contributed by atoms with van der Waals surface area (Å²) >= 11 is 0. The third-order valence-corrected chi connectivity index (χ3v) is 1.78. The molecule has 0 radical (unpaired) electrons. The molecule has 0 aromatic rings. The quantitative estimate of drug-likeness (QED) is 0.632. The molecule has 5 heteroatoms. The molecule has 1 N–H and O–H groups in total. The lowest BCUT2D eigenvalue weighted by molar-refractivity contribution is -0.246. The molecule has 0 amide bonds. The van der Waals surface area contributed by atoms with E-state index in [0.29, 0.717) is 13.1 Å². The van der Waals surface area contributed by atoms with E-state index in [1.807, 2.05) is 0 Å². The van der Waals surface area contributed by atoms with Gasteiger partial charge in [0, 0.05) is 13.1 Å². The van der Waals surface area contributed by atoms with Gasteiger partial charge in [-0.25, -0.2) is 0 Å². The lowest BCUT2D eigenvalue weighted by Crippen LogP contribution is -2.43. The third kappa shape index (κ3) is 2.07. The molecule has 0 bridgehead atoms. The highest BCUT2D eigenvalue weighted by Crippen LogP contribution is 2.25. The fourth-order valence-electron chi connectivity index (χ4n) is 1.19. The van der Waals surface area contributed by atoms with Crippen LogP contribution in [0.4, 0.5) is 13.2 Å². The molecule has 0 aliphatic carbocycles. The summed E-state index contributed by atoms with van der Waals surface area (Å²) in [4.78, 5) is 1.04. The Balaban J connectivity index is 2.46. The van der Waals surface area contributed by atoms with E-state index in [0.717, 1.165) is 17.7 Å². The molecule has 1 rings (SSSR count). The fourth-order valence-corrected chi connectivity index (χ4v) is 1.19. The summed E-state index contributed by atoms with van der Waals surface area (Å²) in [5.74, 6) is 0. The molecule has 1 aliphatic heterocycles. The zero-order chi connectivity index (χ0) is 8.48. The van der Waals surface area contributed by atoms with Crippen molar-refractivity contribution >= 4 is 0 Å². The molecule has 0 aromatic carbocycles. The number of aliphatic hydroxyl groups is 1. The van der Waals surface area contributed by atoms with Crippen molar-refractivity contribution in [1.82, 2.24) is 4.90 Å². The van der Waals surface area contributed by atoms with Gasteiger partial charge in [-0.05, 0) is 12.8 Å². The number of alkyl halides is 3. The molecule has 1 heterocycles. The van der Waals surface area contributed by atoms with Crippen molar-refractivity contribution < 1.29 is 18.3 Å². The van der Waals surface area contributed by atoms with E-state index in [9.17, 15) is 13.2 Å². The van der Waals surface area contributed by atoms with Crippen molar-refractivity contribution in [2.24, 2.45) is 0 Å². The van der Waals surface area contributed by atoms with E-state index >= 15 is 0 Å². The number of hydrogen-bond donors (Lipinski definition) is 1. The molecule has 0 spiro atoms. The van der Waals surface area contributed by atoms with E-state index in [1.165, 1.54) is 0 Å². The third-order valence-electron chi connectivity index (χ3n) is 1.78. The van der Waals surface area contributed by atoms with Crippen LogP contribution in [0.25, 0.3) is 0 Å². The van der Waals surface area contributed by atoms with Crippen molar-refractivity contribution in [2.75, 3.05) is 13.1 Å². The Morgan fingerprint density at radius 3 is 2.00 bits per heavy atom. The number of rotatable bonds is 1. The number of aliphatic hydroxyl groups excluding tert-OH is 1. The van der Waals surface area contributed by atoms with Crippen LogP contribution in [0, 0.1) is 0 Å². The van der Waals surface area contributed by atoms with E-state index in [-0.39, 0.29) is 0 Å². The van der Waals surface area contributed by atoms with Crippen molar-refractivity contribution in [3.8, 4) is 0 Å². The Morgan fingerprint density at radius 1 is 1.18 bits per heavy atom. The van der Waals surface area contributed by atoms with Crippen LogP contribution in [-0.4, -0.2) is 35.5 Å². The van der Waals surface area contributed by atoms with Gasteiger partial charge in [0.1, 0.15) is 0 Å². The Kier molecular flexibility index (Phi) is 2.39. The van der Waals surface area contributed by atoms with Crippen molar-refractivity contribution in [3.63, 3.8) is 0 Å². The first-order valence-corrected chi connectivity index (χ1v) is 3.50. The second-order valence-electron chi connectivity index (χ2n) is 2.66. The van der Waals surface area contributed by atoms with Crippen LogP contribution in [0.3, 0.4) is 0 Å². The standard InChI is InChI=1S/C6H10F3NO/c7-6(8,9)5(11)10-3-1-2-4-10/h5,11H,1-4H2. The van der Waals surface area contributed by atoms with E-state index in [2.05, 4.69) is 0 Å². The maximum absolute atomic E-state index is 11.8. The Labute approximate surface area is 62.6 Å². The minimum atomic E-state index is -4.50. The molecule has 1 fully saturated rings. The van der Waals surface area contributed by atoms with Gasteiger partial charge in [-0.1, -0.05) is 0 Å². The van der Waals surface area contributed by atoms with E-state index < -0.39 is 12.4 Å². The van der Waals surface area contributed by atoms with Gasteiger partial charge in [0.2, 0.25) is 6.23 Å². The highest BCUT2D eigenvalue weighted by atomic mass is 19.4. The molecule has 11 heavy (non-hydrogen) atoms. The molecular weight excluding hydrogens is 159 g/mol. The first kappa shape index (κ1) is 8.80. The van der Waals surface area contributed by atoms with E-state index in [1.54, 1.807) is 0 Å². The lowest BCUT2D eigenvalue weighted by atomic mass is 10.4. The van der Waals surface area contributed by atoms with Gasteiger partial charge in [-0.2, -0.15) is 13.2 Å². The molecule has 1 unspecified atom stereocenters. The minimum absolute atomic E-state index is 0.348. The van der Waals surface area contributed by atoms with Crippen LogP contribution in [0.1, 0.15) is 12.8 Å². The summed E-state index contributed by atoms with van der Waals surface area (Å²) in [7, 11) is 0. The smallest absolute Gasteiger partial charge is 0.370 e. The molecule has 1 saturated heterocycles. The average molecular weight is 169 g/mol. The SMILES string of the molecule is OC(N1CCCC1)C(F)(F)F. The Bertz CT molecular complexity index is 130. The topological polar surface area (TPSA) is 23.5 Å². The van der Waals surface area contributed by atoms with Crippen LogP contribution >= 0.6 is 0 Å². The van der Waals surface area contributed by atoms with Crippen molar-refractivity contribution in [1.29, 1.82) is 0 Å². The second-order valence-corrected chi connectivity index (χ2v) is 2.66. The first-order valence-electron chi connectivity index (χ1n) is 3.50. The largest absolute Gasteiger partial charge is 0.428 e. The normalized spacial score (nSPS) is 24.0. The monoisotopic (exact) mass is 169 g/mol. The van der Waals surface area contributed by atoms with Crippen LogP contribution in [0.5, 0.6) is 0 Å². The lowest BCUT2D eigenvalue weighted by Gasteiger charge is -2.23. The zero-order valence-electron chi connectivity index (χ0n) is 5.93. The maximum Gasteiger partial charge on any atom is 0.428 e. The predicted molar refractivity (Wildman–Crippen MR) is 32.9 cm³/mol. The van der Waals surface area contributed by atoms with Gasteiger partial charge >= 0.3 is 6.18 Å². The molecule has 0 aromatic heterocycles. The first-order chi connectivity index (χ1) is 5.02. The maximum atomic E-state index is 11.8. The highest BCUT2D eigenvalue weighted by Gasteiger charge is 2.42. The van der Waals surface area contributed by atoms with Gasteiger partial charge in [0.05, 0.1) is 0 Å². The van der Waals surface area contributed by atoms with Crippen LogP contribution in [-0.2, 0) is 0 Å². The molecule has 66 valence electrons. The van der Waals surface area contributed by atoms with Gasteiger partial charge < -0.3 is 5.11 Å². The van der Waals surface area contributed by atoms with Crippen molar-refractivity contribution in [2.45, 2.75) is 25.2 Å². The van der Waals surface area contributed by atoms with Gasteiger partial charge in [0.25, 0.3) is 0 Å². The molecule has 1 atom stereocenters. The summed E-state index contributed by atoms with van der Waals surface area (Å²) in [6, 6.07) is 0. The molecular formula is C6H10F3NO. The average Bonchev–Trinajstić information content (AvgIpc) is 2.34. The number of hydrogen-bond acceptors (Lipinski definition) is 2. The summed E-state index contributed by atoms with van der Waals surface area (Å²) in [6.45, 7) is 0.696. The number of halogens is 3. The van der Waals surface area contributed by atoms with Gasteiger partial charge in [-0.3, -0.25) is 4.90 Å². The highest BCUT2D eigenvalue weighted by molar-refractivity contribution is 4.73. The second kappa shape index (κ2) is 2.98. The summed E-state index contributed by atoms with van der Waals surface area (Å²) in [5.41, 5.74) is 0. The minimum Gasteiger partial charge on any atom is -0.370 e. The fraction of sp³-hybridized carbons (Fsp3) is 1.00. The predicted octanol–water partition coefficient (Wildman–Crippen LogP) is 0.963. The summed E-state index contributed by atoms with van der Waals surface area (Å²) in [5, 5.41) is 8.69. The van der Waals surface area contributed by atoms with Gasteiger partial charge in [0.15, 0.2) is 0 Å². The van der Waals surface area contributed by atoms with Gasteiger partial charge in [-0.15, -0.1) is 0 Å². The summed E-state index contributed by atoms with van der Waals surface area (Å²) in [6.07, 6.45) is -5.27. The van der Waals surface area contributed by atoms with Crippen LogP contribution in [0.15, 0.2) is 0 Å². The number of likely N-dealkylation sites (tertiary alicyclic amines) is 1. The number of nitrogens with zero attached hydrogens (tertiary/aromatic N) is 1. The Morgan fingerprint density at radius 2 is 1.64 bits per heavy atom.